The number of benzene rings is 1. The van der Waals surface area contributed by atoms with Gasteiger partial charge in [0.1, 0.15) is 11.8 Å². The maximum absolute atomic E-state index is 13.3. The van der Waals surface area contributed by atoms with E-state index in [2.05, 4.69) is 6.07 Å². The Labute approximate surface area is 161 Å². The molecule has 1 atom stereocenters. The molecule has 2 aliphatic heterocycles. The van der Waals surface area contributed by atoms with E-state index in [4.69, 9.17) is 4.74 Å². The van der Waals surface area contributed by atoms with Crippen LogP contribution in [-0.4, -0.2) is 47.9 Å². The van der Waals surface area contributed by atoms with Crippen LogP contribution in [0.3, 0.4) is 0 Å². The van der Waals surface area contributed by atoms with Crippen molar-refractivity contribution in [1.82, 2.24) is 9.80 Å². The fraction of sp³-hybridized carbons (Fsp3) is 0.636. The first-order valence-corrected chi connectivity index (χ1v) is 10.4. The minimum Gasteiger partial charge on any atom is -0.497 e. The third kappa shape index (κ3) is 3.69. The van der Waals surface area contributed by atoms with Crippen molar-refractivity contribution in [2.45, 2.75) is 64.0 Å². The third-order valence-electron chi connectivity index (χ3n) is 6.51. The number of rotatable bonds is 3. The number of ether oxygens (including phenoxy) is 1. The maximum atomic E-state index is 13.3. The molecular formula is C22H30N2O3. The highest BCUT2D eigenvalue weighted by molar-refractivity contribution is 5.89. The Balaban J connectivity index is 1.46. The van der Waals surface area contributed by atoms with Gasteiger partial charge in [-0.1, -0.05) is 25.3 Å². The summed E-state index contributed by atoms with van der Waals surface area (Å²) in [5.74, 6) is 1.33. The van der Waals surface area contributed by atoms with Crippen LogP contribution in [0.15, 0.2) is 18.2 Å². The average Bonchev–Trinajstić information content (AvgIpc) is 3.22. The fourth-order valence-electron chi connectivity index (χ4n) is 4.93. The SMILES string of the molecule is COc1ccc2c(c1)CN(C(=O)[C@@H]1CCCN1C(=O)C1CCCCC1)CC2. The molecule has 0 aromatic heterocycles. The van der Waals surface area contributed by atoms with E-state index in [0.717, 1.165) is 69.3 Å². The van der Waals surface area contributed by atoms with Crippen LogP contribution in [0.5, 0.6) is 5.75 Å². The highest BCUT2D eigenvalue weighted by Crippen LogP contribution is 2.31. The Bertz CT molecular complexity index is 712. The monoisotopic (exact) mass is 370 g/mol. The molecule has 1 aliphatic carbocycles. The van der Waals surface area contributed by atoms with Crippen LogP contribution in [0.1, 0.15) is 56.1 Å². The lowest BCUT2D eigenvalue weighted by Gasteiger charge is -2.35. The number of carbonyl (C=O) groups is 2. The zero-order valence-corrected chi connectivity index (χ0v) is 16.3. The van der Waals surface area contributed by atoms with Crippen LogP contribution in [0.25, 0.3) is 0 Å². The number of fused-ring (bicyclic) bond motifs is 1. The van der Waals surface area contributed by atoms with E-state index >= 15 is 0 Å². The van der Waals surface area contributed by atoms with Gasteiger partial charge in [0.15, 0.2) is 0 Å². The van der Waals surface area contributed by atoms with Gasteiger partial charge in [-0.25, -0.2) is 0 Å². The summed E-state index contributed by atoms with van der Waals surface area (Å²) >= 11 is 0. The largest absolute Gasteiger partial charge is 0.497 e. The van der Waals surface area contributed by atoms with E-state index in [9.17, 15) is 9.59 Å². The predicted octanol–water partition coefficient (Wildman–Crippen LogP) is 3.15. The van der Waals surface area contributed by atoms with Gasteiger partial charge in [-0.05, 0) is 55.4 Å². The summed E-state index contributed by atoms with van der Waals surface area (Å²) in [5.41, 5.74) is 2.46. The lowest BCUT2D eigenvalue weighted by atomic mass is 9.88. The molecule has 2 fully saturated rings. The average molecular weight is 370 g/mol. The molecule has 1 saturated heterocycles. The van der Waals surface area contributed by atoms with Crippen LogP contribution < -0.4 is 4.74 Å². The van der Waals surface area contributed by atoms with E-state index in [1.54, 1.807) is 7.11 Å². The minimum absolute atomic E-state index is 0.130. The van der Waals surface area contributed by atoms with Crippen LogP contribution in [0.4, 0.5) is 0 Å². The molecular weight excluding hydrogens is 340 g/mol. The first kappa shape index (κ1) is 18.3. The summed E-state index contributed by atoms with van der Waals surface area (Å²) < 4.78 is 5.34. The second-order valence-electron chi connectivity index (χ2n) is 8.17. The van der Waals surface area contributed by atoms with Gasteiger partial charge >= 0.3 is 0 Å². The van der Waals surface area contributed by atoms with Crippen molar-refractivity contribution in [3.63, 3.8) is 0 Å². The van der Waals surface area contributed by atoms with Gasteiger partial charge in [0, 0.05) is 25.6 Å². The summed E-state index contributed by atoms with van der Waals surface area (Å²) in [7, 11) is 1.67. The van der Waals surface area contributed by atoms with Crippen LogP contribution in [-0.2, 0) is 22.6 Å². The number of nitrogens with zero attached hydrogens (tertiary/aromatic N) is 2. The fourth-order valence-corrected chi connectivity index (χ4v) is 4.93. The Morgan fingerprint density at radius 2 is 1.78 bits per heavy atom. The Morgan fingerprint density at radius 3 is 2.56 bits per heavy atom. The third-order valence-corrected chi connectivity index (χ3v) is 6.51. The molecule has 0 radical (unpaired) electrons. The van der Waals surface area contributed by atoms with Gasteiger partial charge in [-0.2, -0.15) is 0 Å². The van der Waals surface area contributed by atoms with E-state index in [0.29, 0.717) is 6.54 Å². The maximum Gasteiger partial charge on any atom is 0.245 e. The van der Waals surface area contributed by atoms with Gasteiger partial charge in [0.25, 0.3) is 0 Å². The van der Waals surface area contributed by atoms with Crippen molar-refractivity contribution >= 4 is 11.8 Å². The summed E-state index contributed by atoms with van der Waals surface area (Å²) in [5, 5.41) is 0. The molecule has 27 heavy (non-hydrogen) atoms. The normalized spacial score (nSPS) is 23.2. The van der Waals surface area contributed by atoms with Crippen molar-refractivity contribution in [3.05, 3.63) is 29.3 Å². The number of hydrogen-bond acceptors (Lipinski definition) is 3. The Hall–Kier alpha value is -2.04. The predicted molar refractivity (Wildman–Crippen MR) is 103 cm³/mol. The van der Waals surface area contributed by atoms with Crippen LogP contribution in [0.2, 0.25) is 0 Å². The quantitative estimate of drug-likeness (QED) is 0.821. The Morgan fingerprint density at radius 1 is 0.963 bits per heavy atom. The molecule has 1 saturated carbocycles. The van der Waals surface area contributed by atoms with Crippen molar-refractivity contribution in [2.75, 3.05) is 20.2 Å². The molecule has 0 spiro atoms. The molecule has 146 valence electrons. The smallest absolute Gasteiger partial charge is 0.245 e. The molecule has 2 heterocycles. The lowest BCUT2D eigenvalue weighted by Crippen LogP contribution is -2.50. The highest BCUT2D eigenvalue weighted by atomic mass is 16.5. The standard InChI is InChI=1S/C22H30N2O3/c1-27-19-10-9-16-11-13-23(15-18(16)14-19)22(26)20-8-5-12-24(20)21(25)17-6-3-2-4-7-17/h9-10,14,17,20H,2-8,11-13,15H2,1H3/t20-/m0/s1. The zero-order valence-electron chi connectivity index (χ0n) is 16.3. The highest BCUT2D eigenvalue weighted by Gasteiger charge is 2.39. The van der Waals surface area contributed by atoms with Crippen molar-refractivity contribution in [1.29, 1.82) is 0 Å². The van der Waals surface area contributed by atoms with Crippen molar-refractivity contribution < 1.29 is 14.3 Å². The van der Waals surface area contributed by atoms with E-state index in [1.165, 1.54) is 12.0 Å². The molecule has 4 rings (SSSR count). The Kier molecular flexibility index (Phi) is 5.37. The van der Waals surface area contributed by atoms with Gasteiger partial charge < -0.3 is 14.5 Å². The summed E-state index contributed by atoms with van der Waals surface area (Å²) in [6, 6.07) is 5.86. The topological polar surface area (TPSA) is 49.9 Å². The van der Waals surface area contributed by atoms with Crippen LogP contribution in [0, 0.1) is 5.92 Å². The van der Waals surface area contributed by atoms with Crippen molar-refractivity contribution in [3.8, 4) is 5.75 Å². The van der Waals surface area contributed by atoms with E-state index < -0.39 is 0 Å². The van der Waals surface area contributed by atoms with Gasteiger partial charge in [0.2, 0.25) is 11.8 Å². The number of methoxy groups -OCH3 is 1. The molecule has 5 heteroatoms. The van der Waals surface area contributed by atoms with Crippen molar-refractivity contribution in [2.24, 2.45) is 5.92 Å². The molecule has 5 nitrogen and oxygen atoms in total. The number of hydrogen-bond donors (Lipinski definition) is 0. The molecule has 2 amide bonds. The second-order valence-corrected chi connectivity index (χ2v) is 8.17. The zero-order chi connectivity index (χ0) is 18.8. The molecule has 0 unspecified atom stereocenters. The number of amides is 2. The summed E-state index contributed by atoms with van der Waals surface area (Å²) in [4.78, 5) is 30.1. The van der Waals surface area contributed by atoms with E-state index in [1.807, 2.05) is 21.9 Å². The minimum atomic E-state index is -0.258. The summed E-state index contributed by atoms with van der Waals surface area (Å²) in [6.07, 6.45) is 8.13. The van der Waals surface area contributed by atoms with Crippen LogP contribution >= 0.6 is 0 Å². The molecule has 1 aromatic rings. The lowest BCUT2D eigenvalue weighted by molar-refractivity contribution is -0.147. The number of likely N-dealkylation sites (tertiary alicyclic amines) is 1. The molecule has 0 N–H and O–H groups in total. The van der Waals surface area contributed by atoms with E-state index in [-0.39, 0.29) is 23.8 Å². The molecule has 0 bridgehead atoms. The van der Waals surface area contributed by atoms with Gasteiger partial charge in [-0.15, -0.1) is 0 Å². The summed E-state index contributed by atoms with van der Waals surface area (Å²) in [6.45, 7) is 2.09. The number of carbonyl (C=O) groups excluding carboxylic acids is 2. The molecule has 1 aromatic carbocycles. The first-order chi connectivity index (χ1) is 13.2. The van der Waals surface area contributed by atoms with Gasteiger partial charge in [0.05, 0.1) is 7.11 Å². The van der Waals surface area contributed by atoms with Gasteiger partial charge in [-0.3, -0.25) is 9.59 Å². The molecule has 3 aliphatic rings. The first-order valence-electron chi connectivity index (χ1n) is 10.4. The second kappa shape index (κ2) is 7.91.